The highest BCUT2D eigenvalue weighted by Crippen LogP contribution is 2.31. The van der Waals surface area contributed by atoms with Crippen LogP contribution in [-0.2, 0) is 11.8 Å². The molecule has 4 rings (SSSR count). The van der Waals surface area contributed by atoms with Crippen molar-refractivity contribution < 1.29 is 14.3 Å². The Labute approximate surface area is 149 Å². The van der Waals surface area contributed by atoms with E-state index in [1.807, 2.05) is 29.8 Å². The van der Waals surface area contributed by atoms with Gasteiger partial charge in [0.15, 0.2) is 16.3 Å². The van der Waals surface area contributed by atoms with Gasteiger partial charge in [-0.25, -0.2) is 0 Å². The number of benzene rings is 2. The minimum atomic E-state index is -0.720. The number of thiazole rings is 1. The quantitative estimate of drug-likeness (QED) is 0.675. The van der Waals surface area contributed by atoms with E-state index in [1.165, 1.54) is 22.5 Å². The molecule has 1 atom stereocenters. The maximum atomic E-state index is 12.6. The fourth-order valence-corrected chi connectivity index (χ4v) is 4.15. The molecule has 1 aliphatic rings. The van der Waals surface area contributed by atoms with Crippen molar-refractivity contribution in [3.8, 4) is 11.5 Å². The van der Waals surface area contributed by atoms with Crippen molar-refractivity contribution in [1.29, 1.82) is 0 Å². The SMILES string of the molecule is Cc1ccc(C)c2c1sc(=NC(=O)[C@H]1COc3ccccc3O1)n2C. The van der Waals surface area contributed by atoms with Gasteiger partial charge in [0.2, 0.25) is 6.10 Å². The molecule has 25 heavy (non-hydrogen) atoms. The molecule has 0 aliphatic carbocycles. The average Bonchev–Trinajstić information content (AvgIpc) is 2.95. The van der Waals surface area contributed by atoms with Gasteiger partial charge in [0.1, 0.15) is 6.61 Å². The zero-order chi connectivity index (χ0) is 17.6. The van der Waals surface area contributed by atoms with Gasteiger partial charge in [-0.3, -0.25) is 4.79 Å². The van der Waals surface area contributed by atoms with Gasteiger partial charge in [-0.05, 0) is 37.1 Å². The number of aryl methyl sites for hydroxylation is 3. The normalized spacial score (nSPS) is 17.1. The topological polar surface area (TPSA) is 52.8 Å². The molecule has 6 heteroatoms. The Morgan fingerprint density at radius 3 is 2.64 bits per heavy atom. The fourth-order valence-electron chi connectivity index (χ4n) is 2.98. The molecule has 0 saturated carbocycles. The molecular weight excluding hydrogens is 336 g/mol. The molecule has 2 heterocycles. The minimum Gasteiger partial charge on any atom is -0.485 e. The first kappa shape index (κ1) is 15.9. The van der Waals surface area contributed by atoms with Crippen molar-refractivity contribution in [2.75, 3.05) is 6.61 Å². The third-order valence-electron chi connectivity index (χ3n) is 4.34. The molecule has 5 nitrogen and oxygen atoms in total. The third-order valence-corrected chi connectivity index (χ3v) is 5.60. The van der Waals surface area contributed by atoms with Crippen molar-refractivity contribution >= 4 is 27.5 Å². The van der Waals surface area contributed by atoms with Crippen molar-refractivity contribution in [3.63, 3.8) is 0 Å². The van der Waals surface area contributed by atoms with E-state index in [0.717, 1.165) is 10.2 Å². The highest BCUT2D eigenvalue weighted by molar-refractivity contribution is 7.16. The first-order valence-corrected chi connectivity index (χ1v) is 8.89. The van der Waals surface area contributed by atoms with E-state index >= 15 is 0 Å². The third kappa shape index (κ3) is 2.72. The fraction of sp³-hybridized carbons (Fsp3) is 0.263. The summed E-state index contributed by atoms with van der Waals surface area (Å²) >= 11 is 1.52. The molecule has 0 bridgehead atoms. The van der Waals surface area contributed by atoms with E-state index in [2.05, 4.69) is 31.0 Å². The highest BCUT2D eigenvalue weighted by atomic mass is 32.1. The zero-order valence-corrected chi connectivity index (χ0v) is 15.1. The van der Waals surface area contributed by atoms with E-state index in [0.29, 0.717) is 16.3 Å². The zero-order valence-electron chi connectivity index (χ0n) is 14.3. The van der Waals surface area contributed by atoms with Crippen LogP contribution in [0, 0.1) is 13.8 Å². The van der Waals surface area contributed by atoms with Crippen LogP contribution in [0.1, 0.15) is 11.1 Å². The number of aromatic nitrogens is 1. The molecule has 1 aliphatic heterocycles. The lowest BCUT2D eigenvalue weighted by atomic mass is 10.1. The number of rotatable bonds is 1. The molecule has 0 saturated heterocycles. The first-order valence-electron chi connectivity index (χ1n) is 8.07. The molecule has 0 unspecified atom stereocenters. The van der Waals surface area contributed by atoms with E-state index in [9.17, 15) is 4.79 Å². The van der Waals surface area contributed by atoms with Gasteiger partial charge in [-0.2, -0.15) is 4.99 Å². The number of fused-ring (bicyclic) bond motifs is 2. The van der Waals surface area contributed by atoms with Gasteiger partial charge in [0, 0.05) is 7.05 Å². The van der Waals surface area contributed by atoms with Gasteiger partial charge >= 0.3 is 0 Å². The second-order valence-electron chi connectivity index (χ2n) is 6.14. The van der Waals surface area contributed by atoms with Crippen LogP contribution in [0.3, 0.4) is 0 Å². The van der Waals surface area contributed by atoms with Crippen molar-refractivity contribution in [1.82, 2.24) is 4.57 Å². The van der Waals surface area contributed by atoms with Crippen LogP contribution < -0.4 is 14.3 Å². The predicted molar refractivity (Wildman–Crippen MR) is 97.2 cm³/mol. The van der Waals surface area contributed by atoms with E-state index < -0.39 is 6.10 Å². The summed E-state index contributed by atoms with van der Waals surface area (Å²) in [6.07, 6.45) is -0.720. The molecule has 0 spiro atoms. The summed E-state index contributed by atoms with van der Waals surface area (Å²) in [5.41, 5.74) is 3.46. The molecular formula is C19H18N2O3S. The second-order valence-corrected chi connectivity index (χ2v) is 7.11. The largest absolute Gasteiger partial charge is 0.485 e. The van der Waals surface area contributed by atoms with Crippen LogP contribution in [0.5, 0.6) is 11.5 Å². The molecule has 0 radical (unpaired) electrons. The summed E-state index contributed by atoms with van der Waals surface area (Å²) < 4.78 is 14.5. The van der Waals surface area contributed by atoms with Crippen molar-refractivity contribution in [3.05, 3.63) is 52.3 Å². The van der Waals surface area contributed by atoms with Crippen LogP contribution in [0.15, 0.2) is 41.4 Å². The average molecular weight is 354 g/mol. The van der Waals surface area contributed by atoms with E-state index in [-0.39, 0.29) is 12.5 Å². The first-order chi connectivity index (χ1) is 12.0. The lowest BCUT2D eigenvalue weighted by Gasteiger charge is -2.23. The summed E-state index contributed by atoms with van der Waals surface area (Å²) in [6, 6.07) is 11.5. The number of para-hydroxylation sites is 2. The molecule has 1 aromatic heterocycles. The predicted octanol–water partition coefficient (Wildman–Crippen LogP) is 3.12. The van der Waals surface area contributed by atoms with Crippen LogP contribution in [0.2, 0.25) is 0 Å². The Hall–Kier alpha value is -2.60. The Morgan fingerprint density at radius 1 is 1.16 bits per heavy atom. The Kier molecular flexibility index (Phi) is 3.84. The van der Waals surface area contributed by atoms with Gasteiger partial charge in [0.25, 0.3) is 5.91 Å². The Balaban J connectivity index is 1.71. The molecule has 128 valence electrons. The number of nitrogens with zero attached hydrogens (tertiary/aromatic N) is 2. The number of ether oxygens (including phenoxy) is 2. The summed E-state index contributed by atoms with van der Waals surface area (Å²) in [4.78, 5) is 17.6. The van der Waals surface area contributed by atoms with Gasteiger partial charge in [-0.15, -0.1) is 0 Å². The molecule has 0 N–H and O–H groups in total. The standard InChI is InChI=1S/C19H18N2O3S/c1-11-8-9-12(2)17-16(11)21(3)19(25-17)20-18(22)15-10-23-13-6-4-5-7-14(13)24-15/h4-9,15H,10H2,1-3H3/t15-/m1/s1. The Bertz CT molecular complexity index is 1050. The van der Waals surface area contributed by atoms with Crippen LogP contribution >= 0.6 is 11.3 Å². The number of hydrogen-bond acceptors (Lipinski definition) is 4. The summed E-state index contributed by atoms with van der Waals surface area (Å²) in [7, 11) is 1.94. The maximum absolute atomic E-state index is 12.6. The molecule has 3 aromatic rings. The minimum absolute atomic E-state index is 0.173. The number of hydrogen-bond donors (Lipinski definition) is 0. The smallest absolute Gasteiger partial charge is 0.292 e. The summed E-state index contributed by atoms with van der Waals surface area (Å²) in [6.45, 7) is 4.31. The highest BCUT2D eigenvalue weighted by Gasteiger charge is 2.27. The summed E-state index contributed by atoms with van der Waals surface area (Å²) in [5, 5.41) is 0. The number of carbonyl (C=O) groups excluding carboxylic acids is 1. The van der Waals surface area contributed by atoms with Crippen molar-refractivity contribution in [2.45, 2.75) is 20.0 Å². The van der Waals surface area contributed by atoms with Crippen LogP contribution in [-0.4, -0.2) is 23.2 Å². The molecule has 1 amide bonds. The maximum Gasteiger partial charge on any atom is 0.292 e. The molecule has 0 fully saturated rings. The molecule has 2 aromatic carbocycles. The van der Waals surface area contributed by atoms with E-state index in [4.69, 9.17) is 9.47 Å². The van der Waals surface area contributed by atoms with Crippen LogP contribution in [0.25, 0.3) is 10.2 Å². The van der Waals surface area contributed by atoms with Gasteiger partial charge < -0.3 is 14.0 Å². The van der Waals surface area contributed by atoms with Crippen LogP contribution in [0.4, 0.5) is 0 Å². The number of amides is 1. The van der Waals surface area contributed by atoms with Crippen molar-refractivity contribution in [2.24, 2.45) is 12.0 Å². The number of carbonyl (C=O) groups is 1. The summed E-state index contributed by atoms with van der Waals surface area (Å²) in [5.74, 6) is 0.909. The monoisotopic (exact) mass is 354 g/mol. The Morgan fingerprint density at radius 2 is 1.88 bits per heavy atom. The van der Waals surface area contributed by atoms with E-state index in [1.54, 1.807) is 6.07 Å². The van der Waals surface area contributed by atoms with Gasteiger partial charge in [-0.1, -0.05) is 35.6 Å². The second kappa shape index (κ2) is 6.04. The van der Waals surface area contributed by atoms with Gasteiger partial charge in [0.05, 0.1) is 10.2 Å². The lowest BCUT2D eigenvalue weighted by molar-refractivity contribution is -0.127. The lowest BCUT2D eigenvalue weighted by Crippen LogP contribution is -2.36.